The lowest BCUT2D eigenvalue weighted by atomic mass is 9.62. The first-order valence-corrected chi connectivity index (χ1v) is 9.53. The molecule has 1 unspecified atom stereocenters. The molecule has 0 aromatic rings. The van der Waals surface area contributed by atoms with Gasteiger partial charge in [-0.1, -0.05) is 32.1 Å². The molecule has 1 heterocycles. The largest absolute Gasteiger partial charge is 0.481 e. The fourth-order valence-electron chi connectivity index (χ4n) is 4.30. The molecule has 25 heavy (non-hydrogen) atoms. The number of aliphatic hydroxyl groups is 1. The molecule has 1 amide bonds. The number of aliphatic carboxylic acids is 1. The molecule has 0 bridgehead atoms. The monoisotopic (exact) mass is 355 g/mol. The average Bonchev–Trinajstić information content (AvgIpc) is 2.44. The molecule has 2 rings (SSSR count). The van der Waals surface area contributed by atoms with Gasteiger partial charge < -0.3 is 19.8 Å². The molecule has 2 aliphatic rings. The maximum atomic E-state index is 12.4. The molecule has 2 N–H and O–H groups in total. The number of carboxylic acids is 1. The van der Waals surface area contributed by atoms with Gasteiger partial charge in [-0.05, 0) is 46.5 Å². The molecule has 2 fully saturated rings. The Morgan fingerprint density at radius 1 is 0.960 bits per heavy atom. The number of likely N-dealkylation sites (tertiary alicyclic amines) is 1. The van der Waals surface area contributed by atoms with Crippen LogP contribution in [0.4, 0.5) is 4.79 Å². The van der Waals surface area contributed by atoms with Gasteiger partial charge in [-0.3, -0.25) is 4.79 Å². The summed E-state index contributed by atoms with van der Waals surface area (Å²) in [4.78, 5) is 26.2. The van der Waals surface area contributed by atoms with Gasteiger partial charge in [0.25, 0.3) is 0 Å². The molecular weight excluding hydrogens is 322 g/mol. The van der Waals surface area contributed by atoms with Crippen molar-refractivity contribution in [2.75, 3.05) is 13.1 Å². The molecule has 6 nitrogen and oxygen atoms in total. The number of hydrogen-bond acceptors (Lipinski definition) is 4. The van der Waals surface area contributed by atoms with E-state index in [-0.39, 0.29) is 6.54 Å². The fourth-order valence-corrected chi connectivity index (χ4v) is 4.30. The zero-order chi connectivity index (χ0) is 18.7. The molecular formula is C19H33NO5. The van der Waals surface area contributed by atoms with E-state index in [0.717, 1.165) is 32.1 Å². The minimum atomic E-state index is -1.40. The van der Waals surface area contributed by atoms with Gasteiger partial charge in [-0.25, -0.2) is 4.79 Å². The van der Waals surface area contributed by atoms with Crippen molar-refractivity contribution in [3.63, 3.8) is 0 Å². The van der Waals surface area contributed by atoms with Crippen molar-refractivity contribution in [3.05, 3.63) is 0 Å². The summed E-state index contributed by atoms with van der Waals surface area (Å²) >= 11 is 0. The highest BCUT2D eigenvalue weighted by atomic mass is 16.6. The summed E-state index contributed by atoms with van der Waals surface area (Å²) in [7, 11) is 0. The molecule has 0 aromatic carbocycles. The molecule has 1 saturated heterocycles. The molecule has 1 atom stereocenters. The first kappa shape index (κ1) is 20.0. The van der Waals surface area contributed by atoms with Crippen LogP contribution in [0.3, 0.4) is 0 Å². The van der Waals surface area contributed by atoms with Crippen LogP contribution in [0.2, 0.25) is 0 Å². The van der Waals surface area contributed by atoms with E-state index in [1.165, 1.54) is 4.90 Å². The summed E-state index contributed by atoms with van der Waals surface area (Å²) in [5.74, 6) is -0.928. The number of carbonyl (C=O) groups is 2. The standard InChI is InChI=1S/C19H33NO5/c1-17(2,3)25-16(23)20-13-9-12-19(24,14-20)18(15(21)22)10-7-5-4-6-8-11-18/h24H,4-14H2,1-3H3,(H,21,22). The second-order valence-electron chi connectivity index (χ2n) is 8.69. The van der Waals surface area contributed by atoms with Crippen molar-refractivity contribution in [2.24, 2.45) is 5.41 Å². The van der Waals surface area contributed by atoms with Crippen LogP contribution in [0.1, 0.15) is 78.6 Å². The van der Waals surface area contributed by atoms with E-state index in [9.17, 15) is 19.8 Å². The Morgan fingerprint density at radius 3 is 2.04 bits per heavy atom. The summed E-state index contributed by atoms with van der Waals surface area (Å²) in [5.41, 5.74) is -3.18. The van der Waals surface area contributed by atoms with Gasteiger partial charge in [0.2, 0.25) is 0 Å². The van der Waals surface area contributed by atoms with Gasteiger partial charge in [-0.2, -0.15) is 0 Å². The molecule has 1 aliphatic carbocycles. The van der Waals surface area contributed by atoms with Gasteiger partial charge in [0, 0.05) is 6.54 Å². The van der Waals surface area contributed by atoms with E-state index in [1.54, 1.807) is 20.8 Å². The van der Waals surface area contributed by atoms with Crippen LogP contribution >= 0.6 is 0 Å². The number of carboxylic acid groups (broad SMARTS) is 1. The Bertz CT molecular complexity index is 491. The molecule has 0 spiro atoms. The van der Waals surface area contributed by atoms with Gasteiger partial charge in [0.05, 0.1) is 17.6 Å². The van der Waals surface area contributed by atoms with Crippen LogP contribution in [-0.4, -0.2) is 51.5 Å². The first-order chi connectivity index (χ1) is 11.6. The number of nitrogens with zero attached hydrogens (tertiary/aromatic N) is 1. The summed E-state index contributed by atoms with van der Waals surface area (Å²) in [6.07, 6.45) is 6.21. The van der Waals surface area contributed by atoms with E-state index < -0.39 is 28.7 Å². The van der Waals surface area contributed by atoms with Crippen molar-refractivity contribution in [2.45, 2.75) is 89.8 Å². The zero-order valence-electron chi connectivity index (χ0n) is 15.8. The van der Waals surface area contributed by atoms with E-state index in [4.69, 9.17) is 4.74 Å². The second kappa shape index (κ2) is 7.52. The summed E-state index contributed by atoms with van der Waals surface area (Å²) < 4.78 is 5.42. The number of hydrogen-bond donors (Lipinski definition) is 2. The zero-order valence-corrected chi connectivity index (χ0v) is 15.8. The Morgan fingerprint density at radius 2 is 1.52 bits per heavy atom. The van der Waals surface area contributed by atoms with Gasteiger partial charge in [-0.15, -0.1) is 0 Å². The lowest BCUT2D eigenvalue weighted by Gasteiger charge is -2.50. The topological polar surface area (TPSA) is 87.1 Å². The highest BCUT2D eigenvalue weighted by Gasteiger charge is 2.57. The van der Waals surface area contributed by atoms with E-state index >= 15 is 0 Å². The third-order valence-corrected chi connectivity index (χ3v) is 5.63. The predicted molar refractivity (Wildman–Crippen MR) is 94.4 cm³/mol. The van der Waals surface area contributed by atoms with Crippen LogP contribution in [0.15, 0.2) is 0 Å². The summed E-state index contributed by atoms with van der Waals surface area (Å²) in [6, 6.07) is 0. The first-order valence-electron chi connectivity index (χ1n) is 9.53. The second-order valence-corrected chi connectivity index (χ2v) is 8.69. The van der Waals surface area contributed by atoms with E-state index in [2.05, 4.69) is 0 Å². The van der Waals surface area contributed by atoms with Gasteiger partial charge in [0.1, 0.15) is 5.60 Å². The van der Waals surface area contributed by atoms with Crippen LogP contribution in [0, 0.1) is 5.41 Å². The minimum absolute atomic E-state index is 0.0359. The highest BCUT2D eigenvalue weighted by Crippen LogP contribution is 2.47. The molecule has 1 aliphatic heterocycles. The summed E-state index contributed by atoms with van der Waals surface area (Å²) in [6.45, 7) is 5.93. The number of carbonyl (C=O) groups excluding carboxylic acids is 1. The molecule has 0 radical (unpaired) electrons. The van der Waals surface area contributed by atoms with E-state index in [1.807, 2.05) is 0 Å². The van der Waals surface area contributed by atoms with E-state index in [0.29, 0.717) is 32.2 Å². The highest BCUT2D eigenvalue weighted by molar-refractivity contribution is 5.77. The van der Waals surface area contributed by atoms with Crippen molar-refractivity contribution >= 4 is 12.1 Å². The maximum Gasteiger partial charge on any atom is 0.410 e. The molecule has 1 saturated carbocycles. The number of ether oxygens (including phenoxy) is 1. The third-order valence-electron chi connectivity index (χ3n) is 5.63. The van der Waals surface area contributed by atoms with Gasteiger partial charge in [0.15, 0.2) is 0 Å². The SMILES string of the molecule is CC(C)(C)OC(=O)N1CCCC(O)(C2(C(=O)O)CCCCCCC2)C1. The molecule has 6 heteroatoms. The van der Waals surface area contributed by atoms with Crippen LogP contribution in [-0.2, 0) is 9.53 Å². The maximum absolute atomic E-state index is 12.4. The minimum Gasteiger partial charge on any atom is -0.481 e. The van der Waals surface area contributed by atoms with Gasteiger partial charge >= 0.3 is 12.1 Å². The number of piperidine rings is 1. The lowest BCUT2D eigenvalue weighted by molar-refractivity contribution is -0.182. The van der Waals surface area contributed by atoms with Crippen LogP contribution < -0.4 is 0 Å². The van der Waals surface area contributed by atoms with Crippen molar-refractivity contribution in [1.82, 2.24) is 4.90 Å². The number of amides is 1. The normalized spacial score (nSPS) is 27.9. The smallest absolute Gasteiger partial charge is 0.410 e. The Hall–Kier alpha value is -1.30. The third kappa shape index (κ3) is 4.46. The Balaban J connectivity index is 2.23. The average molecular weight is 355 g/mol. The molecule has 144 valence electrons. The van der Waals surface area contributed by atoms with Crippen molar-refractivity contribution in [3.8, 4) is 0 Å². The Labute approximate surface area is 150 Å². The van der Waals surface area contributed by atoms with Crippen molar-refractivity contribution < 1.29 is 24.5 Å². The number of β-amino-alcohol motifs (C(OH)–C–C–N with tert-alkyl or cyclic N) is 1. The molecule has 0 aromatic heterocycles. The fraction of sp³-hybridized carbons (Fsp3) is 0.895. The Kier molecular flexibility index (Phi) is 6.02. The quantitative estimate of drug-likeness (QED) is 0.791. The summed E-state index contributed by atoms with van der Waals surface area (Å²) in [5, 5.41) is 21.5. The number of rotatable bonds is 2. The van der Waals surface area contributed by atoms with Crippen molar-refractivity contribution in [1.29, 1.82) is 0 Å². The van der Waals surface area contributed by atoms with Crippen LogP contribution in [0.5, 0.6) is 0 Å². The predicted octanol–water partition coefficient (Wildman–Crippen LogP) is 3.56. The van der Waals surface area contributed by atoms with Crippen LogP contribution in [0.25, 0.3) is 0 Å². The lowest BCUT2D eigenvalue weighted by Crippen LogP contribution is -2.62.